The quantitative estimate of drug-likeness (QED) is 0.868. The summed E-state index contributed by atoms with van der Waals surface area (Å²) in [5.74, 6) is 0.903. The van der Waals surface area contributed by atoms with Gasteiger partial charge >= 0.3 is 0 Å². The van der Waals surface area contributed by atoms with Gasteiger partial charge in [-0.05, 0) is 35.6 Å². The van der Waals surface area contributed by atoms with E-state index in [1.165, 1.54) is 0 Å². The average molecular weight is 333 g/mol. The molecule has 0 radical (unpaired) electrons. The van der Waals surface area contributed by atoms with Gasteiger partial charge in [-0.15, -0.1) is 11.3 Å². The third kappa shape index (κ3) is 3.17. The summed E-state index contributed by atoms with van der Waals surface area (Å²) in [6, 6.07) is 0. The Morgan fingerprint density at radius 3 is 2.70 bits per heavy atom. The van der Waals surface area contributed by atoms with Gasteiger partial charge in [0.1, 0.15) is 4.83 Å². The number of fused-ring (bicyclic) bond motifs is 1. The van der Waals surface area contributed by atoms with E-state index in [1.54, 1.807) is 29.2 Å². The molecule has 0 spiro atoms. The minimum atomic E-state index is 0.0777. The van der Waals surface area contributed by atoms with E-state index in [0.717, 1.165) is 41.7 Å². The van der Waals surface area contributed by atoms with Gasteiger partial charge in [0.25, 0.3) is 5.56 Å². The Kier molecular flexibility index (Phi) is 4.53. The van der Waals surface area contributed by atoms with Crippen LogP contribution in [-0.2, 0) is 11.3 Å². The molecule has 0 N–H and O–H groups in total. The molecule has 5 nitrogen and oxygen atoms in total. The van der Waals surface area contributed by atoms with E-state index in [9.17, 15) is 9.59 Å². The van der Waals surface area contributed by atoms with Gasteiger partial charge in [0.15, 0.2) is 0 Å². The van der Waals surface area contributed by atoms with Crippen molar-refractivity contribution >= 4 is 27.5 Å². The molecule has 2 aromatic rings. The average Bonchev–Trinajstić information content (AvgIpc) is 2.95. The summed E-state index contributed by atoms with van der Waals surface area (Å²) in [6.45, 7) is 8.11. The molecule has 124 valence electrons. The van der Waals surface area contributed by atoms with Gasteiger partial charge in [0, 0.05) is 26.6 Å². The second kappa shape index (κ2) is 6.43. The van der Waals surface area contributed by atoms with Gasteiger partial charge in [0.05, 0.1) is 11.7 Å². The number of amides is 1. The van der Waals surface area contributed by atoms with Crippen LogP contribution in [0, 0.1) is 5.92 Å². The molecule has 1 fully saturated rings. The molecule has 23 heavy (non-hydrogen) atoms. The van der Waals surface area contributed by atoms with Gasteiger partial charge < -0.3 is 4.90 Å². The van der Waals surface area contributed by atoms with Crippen molar-refractivity contribution in [2.75, 3.05) is 13.1 Å². The monoisotopic (exact) mass is 333 g/mol. The molecular weight excluding hydrogens is 310 g/mol. The van der Waals surface area contributed by atoms with Gasteiger partial charge in [-0.2, -0.15) is 0 Å². The minimum absolute atomic E-state index is 0.0777. The van der Waals surface area contributed by atoms with Crippen molar-refractivity contribution in [1.82, 2.24) is 14.5 Å². The molecule has 1 amide bonds. The summed E-state index contributed by atoms with van der Waals surface area (Å²) in [7, 11) is 0. The molecule has 0 bridgehead atoms. The van der Waals surface area contributed by atoms with Crippen molar-refractivity contribution < 1.29 is 4.79 Å². The molecule has 1 aliphatic heterocycles. The highest BCUT2D eigenvalue weighted by Crippen LogP contribution is 2.27. The van der Waals surface area contributed by atoms with Crippen LogP contribution in [0.2, 0.25) is 0 Å². The number of carbonyl (C=O) groups excluding carboxylic acids is 1. The summed E-state index contributed by atoms with van der Waals surface area (Å²) in [6.07, 6.45) is 3.58. The number of hydrogen-bond acceptors (Lipinski definition) is 4. The maximum absolute atomic E-state index is 12.8. The first-order valence-corrected chi connectivity index (χ1v) is 9.07. The number of rotatable bonds is 3. The number of nitrogens with zero attached hydrogens (tertiary/aromatic N) is 3. The number of thiophene rings is 1. The zero-order chi connectivity index (χ0) is 16.6. The highest BCUT2D eigenvalue weighted by atomic mass is 32.1. The van der Waals surface area contributed by atoms with Crippen LogP contribution in [0.5, 0.6) is 0 Å². The third-order valence-corrected chi connectivity index (χ3v) is 5.63. The van der Waals surface area contributed by atoms with Crippen LogP contribution in [0.4, 0.5) is 0 Å². The van der Waals surface area contributed by atoms with Crippen molar-refractivity contribution in [3.63, 3.8) is 0 Å². The van der Waals surface area contributed by atoms with Crippen LogP contribution in [0.15, 0.2) is 16.5 Å². The maximum atomic E-state index is 12.8. The zero-order valence-corrected chi connectivity index (χ0v) is 14.7. The molecule has 1 saturated heterocycles. The summed E-state index contributed by atoms with van der Waals surface area (Å²) in [5, 5.41) is 2.84. The Bertz CT molecular complexity index is 770. The van der Waals surface area contributed by atoms with Gasteiger partial charge in [-0.3, -0.25) is 14.2 Å². The predicted molar refractivity (Wildman–Crippen MR) is 92.9 cm³/mol. The summed E-state index contributed by atoms with van der Waals surface area (Å²) >= 11 is 1.55. The Morgan fingerprint density at radius 2 is 2.09 bits per heavy atom. The van der Waals surface area contributed by atoms with Gasteiger partial charge in [0.2, 0.25) is 5.91 Å². The largest absolute Gasteiger partial charge is 0.343 e. The van der Waals surface area contributed by atoms with E-state index in [-0.39, 0.29) is 11.5 Å². The van der Waals surface area contributed by atoms with Crippen LogP contribution in [-0.4, -0.2) is 33.4 Å². The maximum Gasteiger partial charge on any atom is 0.262 e. The lowest BCUT2D eigenvalue weighted by atomic mass is 9.96. The van der Waals surface area contributed by atoms with E-state index in [4.69, 9.17) is 0 Å². The molecule has 0 saturated carbocycles. The highest BCUT2D eigenvalue weighted by molar-refractivity contribution is 7.16. The fraction of sp³-hybridized carbons (Fsp3) is 0.588. The number of hydrogen-bond donors (Lipinski definition) is 0. The number of aromatic nitrogens is 2. The van der Waals surface area contributed by atoms with E-state index in [1.807, 2.05) is 4.90 Å². The zero-order valence-electron chi connectivity index (χ0n) is 13.9. The lowest BCUT2D eigenvalue weighted by Crippen LogP contribution is -2.38. The lowest BCUT2D eigenvalue weighted by Gasteiger charge is -2.31. The van der Waals surface area contributed by atoms with Crippen molar-refractivity contribution in [2.24, 2.45) is 5.92 Å². The molecule has 2 aromatic heterocycles. The normalized spacial score (nSPS) is 16.4. The lowest BCUT2D eigenvalue weighted by molar-refractivity contribution is -0.130. The molecule has 3 rings (SSSR count). The van der Waals surface area contributed by atoms with Crippen LogP contribution >= 0.6 is 11.3 Å². The van der Waals surface area contributed by atoms with Crippen molar-refractivity contribution in [2.45, 2.75) is 46.1 Å². The molecule has 0 aromatic carbocycles. The van der Waals surface area contributed by atoms with E-state index >= 15 is 0 Å². The van der Waals surface area contributed by atoms with Crippen LogP contribution in [0.1, 0.15) is 45.1 Å². The van der Waals surface area contributed by atoms with Gasteiger partial charge in [-0.25, -0.2) is 4.98 Å². The second-order valence-electron chi connectivity index (χ2n) is 6.68. The molecule has 0 atom stereocenters. The van der Waals surface area contributed by atoms with Crippen molar-refractivity contribution in [3.8, 4) is 0 Å². The first-order valence-electron chi connectivity index (χ1n) is 8.19. The Labute approximate surface area is 139 Å². The van der Waals surface area contributed by atoms with Crippen molar-refractivity contribution in [1.29, 1.82) is 0 Å². The second-order valence-corrected chi connectivity index (χ2v) is 7.54. The summed E-state index contributed by atoms with van der Waals surface area (Å²) in [5.41, 5.74) is 1.18. The minimum Gasteiger partial charge on any atom is -0.343 e. The number of likely N-dealkylation sites (tertiary alicyclic amines) is 1. The number of piperidine rings is 1. The smallest absolute Gasteiger partial charge is 0.262 e. The molecule has 0 unspecified atom stereocenters. The molecule has 0 aliphatic carbocycles. The Balaban J connectivity index is 1.81. The molecule has 6 heteroatoms. The fourth-order valence-electron chi connectivity index (χ4n) is 3.25. The molecular formula is C17H23N3O2S. The fourth-order valence-corrected chi connectivity index (χ4v) is 4.31. The summed E-state index contributed by atoms with van der Waals surface area (Å²) in [4.78, 5) is 31.4. The van der Waals surface area contributed by atoms with Crippen LogP contribution in [0.3, 0.4) is 0 Å². The van der Waals surface area contributed by atoms with Crippen LogP contribution < -0.4 is 5.56 Å². The molecule has 1 aliphatic rings. The van der Waals surface area contributed by atoms with E-state index < -0.39 is 0 Å². The highest BCUT2D eigenvalue weighted by Gasteiger charge is 2.22. The number of carbonyl (C=O) groups is 1. The van der Waals surface area contributed by atoms with Crippen molar-refractivity contribution in [3.05, 3.63) is 27.6 Å². The Hall–Kier alpha value is -1.69. The van der Waals surface area contributed by atoms with Crippen LogP contribution in [0.25, 0.3) is 10.2 Å². The molecule has 3 heterocycles. The SMILES string of the molecule is CC(=O)N1CCC(Cn2cnc3scc(C(C)C)c3c2=O)CC1. The predicted octanol–water partition coefficient (Wildman–Crippen LogP) is 2.84. The third-order valence-electron chi connectivity index (χ3n) is 4.73. The topological polar surface area (TPSA) is 55.2 Å². The first-order chi connectivity index (χ1) is 11.0. The Morgan fingerprint density at radius 1 is 1.39 bits per heavy atom. The van der Waals surface area contributed by atoms with E-state index in [0.29, 0.717) is 18.4 Å². The standard InChI is InChI=1S/C17H23N3O2S/c1-11(2)14-9-23-16-15(14)17(22)20(10-18-16)8-13-4-6-19(7-5-13)12(3)21/h9-11,13H,4-8H2,1-3H3. The summed E-state index contributed by atoms with van der Waals surface area (Å²) < 4.78 is 1.76. The first kappa shape index (κ1) is 16.2. The van der Waals surface area contributed by atoms with Gasteiger partial charge in [-0.1, -0.05) is 13.8 Å². The van der Waals surface area contributed by atoms with E-state index in [2.05, 4.69) is 24.2 Å².